The Kier molecular flexibility index (Phi) is 5.30. The van der Waals surface area contributed by atoms with E-state index in [-0.39, 0.29) is 18.1 Å². The van der Waals surface area contributed by atoms with Crippen molar-refractivity contribution in [1.29, 1.82) is 0 Å². The van der Waals surface area contributed by atoms with E-state index in [1.165, 1.54) is 10.9 Å². The molecule has 2 aromatic heterocycles. The molecule has 1 fully saturated rings. The maximum atomic E-state index is 10.4. The van der Waals surface area contributed by atoms with Gasteiger partial charge in [-0.15, -0.1) is 0 Å². The van der Waals surface area contributed by atoms with Crippen molar-refractivity contribution < 1.29 is 25.2 Å². The molecule has 4 rings (SSSR count). The molecule has 3 aromatic rings. The van der Waals surface area contributed by atoms with Crippen LogP contribution in [0.5, 0.6) is 0 Å². The number of hydrogen-bond donors (Lipinski definition) is 6. The molecule has 1 unspecified atom stereocenters. The van der Waals surface area contributed by atoms with Crippen LogP contribution in [0.4, 0.5) is 11.8 Å². The summed E-state index contributed by atoms with van der Waals surface area (Å²) in [6, 6.07) is 9.16. The second-order valence-electron chi connectivity index (χ2n) is 6.79. The van der Waals surface area contributed by atoms with Crippen LogP contribution in [0.25, 0.3) is 11.2 Å². The number of aliphatic hydroxyl groups is 4. The largest absolute Gasteiger partial charge is 0.394 e. The number of nitrogens with zero attached hydrogens (tertiary/aromatic N) is 4. The van der Waals surface area contributed by atoms with Crippen molar-refractivity contribution in [3.8, 4) is 0 Å². The number of nitrogens with one attached hydrogen (secondary N) is 1. The van der Waals surface area contributed by atoms with Gasteiger partial charge >= 0.3 is 0 Å². The summed E-state index contributed by atoms with van der Waals surface area (Å²) in [5.41, 5.74) is 7.21. The van der Waals surface area contributed by atoms with Crippen molar-refractivity contribution in [2.24, 2.45) is 0 Å². The Balaban J connectivity index is 1.60. The first kappa shape index (κ1) is 19.5. The van der Waals surface area contributed by atoms with Gasteiger partial charge in [0, 0.05) is 6.54 Å². The van der Waals surface area contributed by atoms with Crippen molar-refractivity contribution in [2.75, 3.05) is 24.2 Å². The molecular formula is C18H22N6O5. The molecule has 1 aliphatic rings. The Morgan fingerprint density at radius 1 is 1.17 bits per heavy atom. The van der Waals surface area contributed by atoms with E-state index < -0.39 is 37.3 Å². The number of benzene rings is 1. The van der Waals surface area contributed by atoms with Gasteiger partial charge in [0.1, 0.15) is 18.3 Å². The molecule has 0 bridgehead atoms. The van der Waals surface area contributed by atoms with E-state index in [2.05, 4.69) is 20.3 Å². The molecular weight excluding hydrogens is 380 g/mol. The van der Waals surface area contributed by atoms with Gasteiger partial charge in [0.25, 0.3) is 0 Å². The third-order valence-corrected chi connectivity index (χ3v) is 4.88. The van der Waals surface area contributed by atoms with E-state index in [9.17, 15) is 20.4 Å². The second-order valence-corrected chi connectivity index (χ2v) is 6.79. The number of aromatic nitrogens is 4. The number of aliphatic hydroxyl groups excluding tert-OH is 4. The Bertz CT molecular complexity index is 984. The maximum absolute atomic E-state index is 10.4. The predicted molar refractivity (Wildman–Crippen MR) is 103 cm³/mol. The van der Waals surface area contributed by atoms with Gasteiger partial charge in [-0.05, 0) is 5.56 Å². The quantitative estimate of drug-likeness (QED) is 0.305. The zero-order valence-corrected chi connectivity index (χ0v) is 15.3. The smallest absolute Gasteiger partial charge is 0.224 e. The fourth-order valence-electron chi connectivity index (χ4n) is 3.34. The number of fused-ring (bicyclic) bond motifs is 1. The van der Waals surface area contributed by atoms with Crippen LogP contribution in [0.3, 0.4) is 0 Å². The van der Waals surface area contributed by atoms with Crippen molar-refractivity contribution in [2.45, 2.75) is 30.6 Å². The van der Waals surface area contributed by atoms with E-state index in [1.807, 2.05) is 30.3 Å². The Morgan fingerprint density at radius 3 is 2.62 bits per heavy atom. The van der Waals surface area contributed by atoms with Crippen molar-refractivity contribution in [3.05, 3.63) is 42.2 Å². The molecule has 11 nitrogen and oxygen atoms in total. The average molecular weight is 402 g/mol. The zero-order valence-electron chi connectivity index (χ0n) is 15.3. The first-order chi connectivity index (χ1) is 14.0. The number of anilines is 2. The van der Waals surface area contributed by atoms with E-state index in [1.54, 1.807) is 0 Å². The van der Waals surface area contributed by atoms with Crippen LogP contribution in [-0.4, -0.2) is 71.4 Å². The number of nitrogens with two attached hydrogens (primary N) is 1. The summed E-state index contributed by atoms with van der Waals surface area (Å²) >= 11 is 0. The zero-order chi connectivity index (χ0) is 20.5. The topological polar surface area (TPSA) is 172 Å². The van der Waals surface area contributed by atoms with Gasteiger partial charge in [-0.1, -0.05) is 30.3 Å². The molecule has 7 N–H and O–H groups in total. The van der Waals surface area contributed by atoms with E-state index in [4.69, 9.17) is 10.5 Å². The highest BCUT2D eigenvalue weighted by atomic mass is 16.6. The second kappa shape index (κ2) is 7.89. The summed E-state index contributed by atoms with van der Waals surface area (Å²) in [6.45, 7) is -0.279. The molecule has 29 heavy (non-hydrogen) atoms. The van der Waals surface area contributed by atoms with Crippen molar-refractivity contribution in [1.82, 2.24) is 19.5 Å². The normalized spacial score (nSPS) is 25.4. The minimum Gasteiger partial charge on any atom is -0.394 e. The molecule has 1 aromatic carbocycles. The number of imidazole rings is 1. The molecule has 5 atom stereocenters. The monoisotopic (exact) mass is 402 g/mol. The van der Waals surface area contributed by atoms with Crippen LogP contribution in [0.2, 0.25) is 0 Å². The van der Waals surface area contributed by atoms with Crippen molar-refractivity contribution in [3.63, 3.8) is 0 Å². The Labute approximate surface area is 165 Å². The summed E-state index contributed by atoms with van der Waals surface area (Å²) in [6.07, 6.45) is -3.84. The molecule has 0 aliphatic carbocycles. The third kappa shape index (κ3) is 3.61. The van der Waals surface area contributed by atoms with Gasteiger partial charge in [0.2, 0.25) is 5.95 Å². The molecule has 0 saturated carbocycles. The molecule has 3 heterocycles. The van der Waals surface area contributed by atoms with Crippen LogP contribution >= 0.6 is 0 Å². The van der Waals surface area contributed by atoms with Gasteiger partial charge in [-0.2, -0.15) is 9.97 Å². The summed E-state index contributed by atoms with van der Waals surface area (Å²) in [7, 11) is 0. The van der Waals surface area contributed by atoms with Gasteiger partial charge in [-0.3, -0.25) is 4.57 Å². The van der Waals surface area contributed by atoms with Crippen LogP contribution in [0.15, 0.2) is 36.7 Å². The van der Waals surface area contributed by atoms with E-state index >= 15 is 0 Å². The Morgan fingerprint density at radius 2 is 1.93 bits per heavy atom. The van der Waals surface area contributed by atoms with Crippen molar-refractivity contribution >= 4 is 22.9 Å². The van der Waals surface area contributed by atoms with Gasteiger partial charge in [-0.25, -0.2) is 4.98 Å². The minimum absolute atomic E-state index is 0.0392. The fraction of sp³-hybridized carbons (Fsp3) is 0.389. The highest BCUT2D eigenvalue weighted by Gasteiger charge is 2.44. The minimum atomic E-state index is -1.28. The summed E-state index contributed by atoms with van der Waals surface area (Å²) < 4.78 is 6.96. The van der Waals surface area contributed by atoms with Gasteiger partial charge in [0.15, 0.2) is 23.2 Å². The lowest BCUT2D eigenvalue weighted by molar-refractivity contribution is -0.0511. The first-order valence-electron chi connectivity index (χ1n) is 9.09. The number of ether oxygens (including phenoxy) is 1. The average Bonchev–Trinajstić information content (AvgIpc) is 3.27. The fourth-order valence-corrected chi connectivity index (χ4v) is 3.34. The molecule has 0 spiro atoms. The molecule has 11 heteroatoms. The molecule has 1 saturated heterocycles. The molecule has 0 radical (unpaired) electrons. The van der Waals surface area contributed by atoms with Crippen LogP contribution < -0.4 is 11.1 Å². The van der Waals surface area contributed by atoms with E-state index in [0.29, 0.717) is 11.3 Å². The third-order valence-electron chi connectivity index (χ3n) is 4.88. The lowest BCUT2D eigenvalue weighted by Gasteiger charge is -2.17. The van der Waals surface area contributed by atoms with Gasteiger partial charge in [0.05, 0.1) is 19.0 Å². The summed E-state index contributed by atoms with van der Waals surface area (Å²) in [5.74, 6) is 0.274. The maximum Gasteiger partial charge on any atom is 0.224 e. The lowest BCUT2D eigenvalue weighted by atomic mass is 10.1. The number of rotatable bonds is 6. The highest BCUT2D eigenvalue weighted by Crippen LogP contribution is 2.32. The first-order valence-corrected chi connectivity index (χ1v) is 9.09. The molecule has 154 valence electrons. The Hall–Kier alpha value is -2.83. The lowest BCUT2D eigenvalue weighted by Crippen LogP contribution is -2.33. The van der Waals surface area contributed by atoms with Crippen LogP contribution in [0.1, 0.15) is 17.9 Å². The van der Waals surface area contributed by atoms with Crippen LogP contribution in [0, 0.1) is 0 Å². The SMILES string of the molecule is Nc1nc(NCC(O)c2ccccc2)c2ncn([C@@H]3O[C@H](CO)[C@@H](O)[C@H]3O)c2n1. The van der Waals surface area contributed by atoms with E-state index in [0.717, 1.165) is 5.56 Å². The van der Waals surface area contributed by atoms with Crippen LogP contribution in [-0.2, 0) is 4.74 Å². The highest BCUT2D eigenvalue weighted by molar-refractivity contribution is 5.84. The standard InChI is InChI=1S/C18H22N6O5/c19-18-22-15(20-6-10(26)9-4-2-1-3-5-9)12-16(23-18)24(8-21-12)17-14(28)13(27)11(7-25)29-17/h1-5,8,10-11,13-14,17,25-28H,6-7H2,(H3,19,20,22,23)/t10?,11-,13-,14-,17-/m1/s1. The molecule has 0 amide bonds. The number of nitrogen functional groups attached to an aromatic ring is 1. The van der Waals surface area contributed by atoms with Gasteiger partial charge < -0.3 is 36.2 Å². The molecule has 1 aliphatic heterocycles. The predicted octanol–water partition coefficient (Wildman–Crippen LogP) is -0.835. The number of hydrogen-bond acceptors (Lipinski definition) is 10. The summed E-state index contributed by atoms with van der Waals surface area (Å²) in [5, 5.41) is 42.9. The summed E-state index contributed by atoms with van der Waals surface area (Å²) in [4.78, 5) is 12.6.